The Bertz CT molecular complexity index is 671. The molecule has 0 aromatic heterocycles. The molecule has 0 saturated heterocycles. The number of benzene rings is 1. The van der Waals surface area contributed by atoms with Crippen molar-refractivity contribution < 1.29 is 23.9 Å². The summed E-state index contributed by atoms with van der Waals surface area (Å²) in [5.41, 5.74) is -0.428. The highest BCUT2D eigenvalue weighted by atomic mass is 16.6. The number of rotatable bonds is 6. The lowest BCUT2D eigenvalue weighted by Gasteiger charge is -2.32. The molecule has 6 nitrogen and oxygen atoms in total. The summed E-state index contributed by atoms with van der Waals surface area (Å²) in [6.07, 6.45) is 1.37. The molecule has 2 atom stereocenters. The minimum Gasteiger partial charge on any atom is -0.465 e. The number of nitriles is 1. The van der Waals surface area contributed by atoms with Crippen LogP contribution in [0.3, 0.4) is 0 Å². The molecular weight excluding hydrogens is 322 g/mol. The lowest BCUT2D eigenvalue weighted by molar-refractivity contribution is -0.173. The molecule has 0 amide bonds. The summed E-state index contributed by atoms with van der Waals surface area (Å²) in [5.74, 6) is -2.49. The first-order valence-corrected chi connectivity index (χ1v) is 8.34. The zero-order valence-electron chi connectivity index (χ0n) is 14.4. The van der Waals surface area contributed by atoms with Gasteiger partial charge in [0.1, 0.15) is 6.29 Å². The number of carbonyl (C=O) groups is 3. The van der Waals surface area contributed by atoms with Gasteiger partial charge >= 0.3 is 11.9 Å². The van der Waals surface area contributed by atoms with Crippen LogP contribution in [0.2, 0.25) is 0 Å². The summed E-state index contributed by atoms with van der Waals surface area (Å²) >= 11 is 0. The quantitative estimate of drug-likeness (QED) is 0.447. The molecule has 1 aromatic rings. The van der Waals surface area contributed by atoms with E-state index in [0.29, 0.717) is 17.5 Å². The van der Waals surface area contributed by atoms with Crippen LogP contribution in [0.5, 0.6) is 0 Å². The Morgan fingerprint density at radius 2 is 1.76 bits per heavy atom. The third kappa shape index (κ3) is 3.27. The second kappa shape index (κ2) is 7.93. The Balaban J connectivity index is 2.57. The number of esters is 2. The van der Waals surface area contributed by atoms with Crippen molar-refractivity contribution in [3.05, 3.63) is 35.4 Å². The van der Waals surface area contributed by atoms with E-state index in [1.54, 1.807) is 38.1 Å². The van der Waals surface area contributed by atoms with Gasteiger partial charge in [0.25, 0.3) is 0 Å². The van der Waals surface area contributed by atoms with Crippen molar-refractivity contribution in [2.45, 2.75) is 32.6 Å². The number of carbonyl (C=O) groups excluding carboxylic acids is 3. The first kappa shape index (κ1) is 18.7. The number of ether oxygens (including phenoxy) is 2. The monoisotopic (exact) mass is 343 g/mol. The maximum atomic E-state index is 12.8. The number of nitrogens with zero attached hydrogens (tertiary/aromatic N) is 1. The lowest BCUT2D eigenvalue weighted by Crippen LogP contribution is -2.45. The Kier molecular flexibility index (Phi) is 5.92. The van der Waals surface area contributed by atoms with E-state index >= 15 is 0 Å². The molecule has 1 aromatic carbocycles. The average Bonchev–Trinajstić information content (AvgIpc) is 3.03. The van der Waals surface area contributed by atoms with Crippen LogP contribution in [-0.2, 0) is 23.9 Å². The first-order chi connectivity index (χ1) is 12.0. The first-order valence-electron chi connectivity index (χ1n) is 8.34. The van der Waals surface area contributed by atoms with Gasteiger partial charge in [0.15, 0.2) is 5.41 Å². The van der Waals surface area contributed by atoms with E-state index in [1.807, 2.05) is 6.07 Å². The zero-order chi connectivity index (χ0) is 18.4. The molecule has 132 valence electrons. The van der Waals surface area contributed by atoms with E-state index in [2.05, 4.69) is 0 Å². The Morgan fingerprint density at radius 3 is 2.20 bits per heavy atom. The van der Waals surface area contributed by atoms with E-state index < -0.39 is 29.2 Å². The number of hydrogen-bond donors (Lipinski definition) is 0. The summed E-state index contributed by atoms with van der Waals surface area (Å²) in [6, 6.07) is 8.60. The van der Waals surface area contributed by atoms with Crippen molar-refractivity contribution in [1.82, 2.24) is 0 Å². The standard InChI is InChI=1S/C19H21NO5/c1-3-24-17(22)19(18(23)25-4-2)10-9-15(12-21)16(19)14-7-5-13(11-20)6-8-14/h5-8,12,15-16H,3-4,9-10H2,1-2H3/t15-,16-/m1/s1. The van der Waals surface area contributed by atoms with E-state index in [-0.39, 0.29) is 19.6 Å². The van der Waals surface area contributed by atoms with Crippen LogP contribution in [0.4, 0.5) is 0 Å². The normalized spacial score (nSPS) is 21.2. The van der Waals surface area contributed by atoms with Crippen LogP contribution in [0.15, 0.2) is 24.3 Å². The Morgan fingerprint density at radius 1 is 1.20 bits per heavy atom. The fraction of sp³-hybridized carbons (Fsp3) is 0.474. The fourth-order valence-corrected chi connectivity index (χ4v) is 3.59. The molecule has 0 heterocycles. The molecule has 1 aliphatic carbocycles. The maximum absolute atomic E-state index is 12.8. The van der Waals surface area contributed by atoms with Crippen molar-refractivity contribution in [3.8, 4) is 6.07 Å². The summed E-state index contributed by atoms with van der Waals surface area (Å²) in [6.45, 7) is 3.59. The third-order valence-electron chi connectivity index (χ3n) is 4.68. The molecular formula is C19H21NO5. The van der Waals surface area contributed by atoms with Gasteiger partial charge in [-0.1, -0.05) is 12.1 Å². The number of aldehydes is 1. The molecule has 1 fully saturated rings. The topological polar surface area (TPSA) is 93.5 Å². The second-order valence-electron chi connectivity index (χ2n) is 5.96. The largest absolute Gasteiger partial charge is 0.465 e. The van der Waals surface area contributed by atoms with Gasteiger partial charge in [-0.2, -0.15) is 5.26 Å². The smallest absolute Gasteiger partial charge is 0.324 e. The highest BCUT2D eigenvalue weighted by molar-refractivity contribution is 6.02. The zero-order valence-corrected chi connectivity index (χ0v) is 14.4. The highest BCUT2D eigenvalue weighted by Gasteiger charge is 2.61. The van der Waals surface area contributed by atoms with Crippen LogP contribution in [-0.4, -0.2) is 31.4 Å². The van der Waals surface area contributed by atoms with Crippen LogP contribution in [0.25, 0.3) is 0 Å². The maximum Gasteiger partial charge on any atom is 0.324 e. The van der Waals surface area contributed by atoms with Crippen LogP contribution >= 0.6 is 0 Å². The molecule has 0 bridgehead atoms. The van der Waals surface area contributed by atoms with Crippen molar-refractivity contribution in [2.24, 2.45) is 11.3 Å². The van der Waals surface area contributed by atoms with Crippen LogP contribution < -0.4 is 0 Å². The van der Waals surface area contributed by atoms with E-state index in [4.69, 9.17) is 14.7 Å². The lowest BCUT2D eigenvalue weighted by atomic mass is 9.71. The van der Waals surface area contributed by atoms with E-state index in [0.717, 1.165) is 6.29 Å². The predicted molar refractivity (Wildman–Crippen MR) is 88.4 cm³/mol. The third-order valence-corrected chi connectivity index (χ3v) is 4.68. The summed E-state index contributed by atoms with van der Waals surface area (Å²) in [7, 11) is 0. The van der Waals surface area contributed by atoms with Crippen molar-refractivity contribution >= 4 is 18.2 Å². The van der Waals surface area contributed by atoms with Gasteiger partial charge < -0.3 is 14.3 Å². The van der Waals surface area contributed by atoms with Gasteiger partial charge in [0.2, 0.25) is 0 Å². The van der Waals surface area contributed by atoms with Crippen molar-refractivity contribution in [1.29, 1.82) is 5.26 Å². The molecule has 0 N–H and O–H groups in total. The van der Waals surface area contributed by atoms with Gasteiger partial charge in [0.05, 0.1) is 24.8 Å². The van der Waals surface area contributed by atoms with Gasteiger partial charge in [-0.15, -0.1) is 0 Å². The highest BCUT2D eigenvalue weighted by Crippen LogP contribution is 2.53. The Hall–Kier alpha value is -2.68. The second-order valence-corrected chi connectivity index (χ2v) is 5.96. The van der Waals surface area contributed by atoms with Gasteiger partial charge in [-0.05, 0) is 44.4 Å². The van der Waals surface area contributed by atoms with Crippen molar-refractivity contribution in [2.75, 3.05) is 13.2 Å². The molecule has 0 aliphatic heterocycles. The summed E-state index contributed by atoms with van der Waals surface area (Å²) in [4.78, 5) is 37.1. The van der Waals surface area contributed by atoms with Gasteiger partial charge in [-0.3, -0.25) is 9.59 Å². The minimum atomic E-state index is -1.54. The molecule has 1 aliphatic rings. The molecule has 0 unspecified atom stereocenters. The number of hydrogen-bond acceptors (Lipinski definition) is 6. The minimum absolute atomic E-state index is 0.131. The molecule has 2 rings (SSSR count). The predicted octanol–water partition coefficient (Wildman–Crippen LogP) is 2.36. The van der Waals surface area contributed by atoms with E-state index in [9.17, 15) is 14.4 Å². The summed E-state index contributed by atoms with van der Waals surface area (Å²) in [5, 5.41) is 8.96. The molecule has 0 spiro atoms. The van der Waals surface area contributed by atoms with Gasteiger partial charge in [-0.25, -0.2) is 0 Å². The molecule has 6 heteroatoms. The average molecular weight is 343 g/mol. The van der Waals surface area contributed by atoms with Gasteiger partial charge in [0, 0.05) is 11.8 Å². The Labute approximate surface area is 146 Å². The summed E-state index contributed by atoms with van der Waals surface area (Å²) < 4.78 is 10.4. The van der Waals surface area contributed by atoms with E-state index in [1.165, 1.54) is 0 Å². The van der Waals surface area contributed by atoms with Crippen LogP contribution in [0, 0.1) is 22.7 Å². The molecule has 0 radical (unpaired) electrons. The van der Waals surface area contributed by atoms with Crippen LogP contribution in [0.1, 0.15) is 43.7 Å². The fourth-order valence-electron chi connectivity index (χ4n) is 3.59. The molecule has 1 saturated carbocycles. The van der Waals surface area contributed by atoms with Crippen molar-refractivity contribution in [3.63, 3.8) is 0 Å². The SMILES string of the molecule is CCOC(=O)C1(C(=O)OCC)CC[C@H](C=O)[C@H]1c1ccc(C#N)cc1. The molecule has 25 heavy (non-hydrogen) atoms.